The summed E-state index contributed by atoms with van der Waals surface area (Å²) in [6.45, 7) is 1.00. The maximum absolute atomic E-state index is 12.6. The molecule has 0 saturated carbocycles. The van der Waals surface area contributed by atoms with Gasteiger partial charge in [0.15, 0.2) is 5.11 Å². The van der Waals surface area contributed by atoms with Crippen molar-refractivity contribution in [1.29, 1.82) is 0 Å². The molecule has 9 heteroatoms. The molecule has 0 saturated heterocycles. The molecule has 0 fully saturated rings. The van der Waals surface area contributed by atoms with E-state index in [0.717, 1.165) is 0 Å². The Morgan fingerprint density at radius 1 is 1.00 bits per heavy atom. The topological polar surface area (TPSA) is 102 Å². The zero-order valence-corrected chi connectivity index (χ0v) is 18.2. The van der Waals surface area contributed by atoms with Gasteiger partial charge in [0, 0.05) is 18.4 Å². The van der Waals surface area contributed by atoms with E-state index >= 15 is 0 Å². The van der Waals surface area contributed by atoms with Gasteiger partial charge in [-0.3, -0.25) is 14.9 Å². The van der Waals surface area contributed by atoms with Gasteiger partial charge in [-0.05, 0) is 54.7 Å². The smallest absolute Gasteiger partial charge is 0.261 e. The molecule has 0 aliphatic carbocycles. The van der Waals surface area contributed by atoms with E-state index < -0.39 is 5.91 Å². The Hall–Kier alpha value is -3.69. The number of benzene rings is 2. The van der Waals surface area contributed by atoms with Crippen molar-refractivity contribution in [3.63, 3.8) is 0 Å². The molecule has 0 atom stereocenters. The van der Waals surface area contributed by atoms with Crippen LogP contribution in [0.5, 0.6) is 5.75 Å². The fourth-order valence-corrected chi connectivity index (χ4v) is 2.98. The van der Waals surface area contributed by atoms with Crippen LogP contribution in [0.1, 0.15) is 26.5 Å². The monoisotopic (exact) mass is 453 g/mol. The lowest BCUT2D eigenvalue weighted by Crippen LogP contribution is -2.34. The van der Waals surface area contributed by atoms with Crippen molar-refractivity contribution in [1.82, 2.24) is 10.6 Å². The number of rotatable bonds is 9. The summed E-state index contributed by atoms with van der Waals surface area (Å²) in [5.74, 6) is 0.410. The van der Waals surface area contributed by atoms with Crippen LogP contribution in [0.2, 0.25) is 0 Å². The van der Waals surface area contributed by atoms with Gasteiger partial charge in [-0.1, -0.05) is 18.2 Å². The maximum Gasteiger partial charge on any atom is 0.261 e. The van der Waals surface area contributed by atoms with Crippen molar-refractivity contribution >= 4 is 34.8 Å². The van der Waals surface area contributed by atoms with Gasteiger partial charge in [0.1, 0.15) is 18.1 Å². The molecular formula is C23H23N3O5S. The molecule has 166 valence electrons. The van der Waals surface area contributed by atoms with Gasteiger partial charge in [0.25, 0.3) is 11.8 Å². The van der Waals surface area contributed by atoms with Crippen LogP contribution in [0.4, 0.5) is 5.69 Å². The van der Waals surface area contributed by atoms with E-state index in [1.54, 1.807) is 74.0 Å². The fourth-order valence-electron chi connectivity index (χ4n) is 2.77. The number of hydrogen-bond acceptors (Lipinski definition) is 6. The van der Waals surface area contributed by atoms with Gasteiger partial charge in [0.05, 0.1) is 25.0 Å². The molecule has 1 heterocycles. The summed E-state index contributed by atoms with van der Waals surface area (Å²) in [6, 6.07) is 17.2. The number of furan rings is 1. The van der Waals surface area contributed by atoms with E-state index in [1.807, 2.05) is 0 Å². The van der Waals surface area contributed by atoms with Gasteiger partial charge in [-0.2, -0.15) is 0 Å². The predicted octanol–water partition coefficient (Wildman–Crippen LogP) is 3.36. The molecule has 8 nitrogen and oxygen atoms in total. The summed E-state index contributed by atoms with van der Waals surface area (Å²) in [5, 5.41) is 8.41. The number of hydrogen-bond donors (Lipinski definition) is 3. The summed E-state index contributed by atoms with van der Waals surface area (Å²) in [4.78, 5) is 25.0. The molecule has 0 spiro atoms. The highest BCUT2D eigenvalue weighted by atomic mass is 32.1. The molecule has 3 N–H and O–H groups in total. The number of anilines is 1. The zero-order valence-electron chi connectivity index (χ0n) is 17.4. The third-order valence-corrected chi connectivity index (χ3v) is 4.49. The van der Waals surface area contributed by atoms with Crippen LogP contribution in [-0.2, 0) is 11.3 Å². The first-order valence-electron chi connectivity index (χ1n) is 9.80. The average Bonchev–Trinajstić information content (AvgIpc) is 3.32. The Morgan fingerprint density at radius 3 is 2.62 bits per heavy atom. The van der Waals surface area contributed by atoms with Crippen LogP contribution >= 0.6 is 12.2 Å². The van der Waals surface area contributed by atoms with Crippen LogP contribution in [0, 0.1) is 0 Å². The van der Waals surface area contributed by atoms with Crippen LogP contribution in [0.3, 0.4) is 0 Å². The van der Waals surface area contributed by atoms with E-state index in [2.05, 4.69) is 16.0 Å². The summed E-state index contributed by atoms with van der Waals surface area (Å²) in [5.41, 5.74) is 1.34. The first kappa shape index (κ1) is 23.0. The lowest BCUT2D eigenvalue weighted by molar-refractivity contribution is 0.0945. The predicted molar refractivity (Wildman–Crippen MR) is 124 cm³/mol. The van der Waals surface area contributed by atoms with Crippen molar-refractivity contribution in [2.75, 3.05) is 25.6 Å². The Labute approximate surface area is 190 Å². The maximum atomic E-state index is 12.6. The average molecular weight is 454 g/mol. The number of amides is 2. The number of carbonyl (C=O) groups excluding carboxylic acids is 2. The third kappa shape index (κ3) is 6.66. The minimum atomic E-state index is -0.414. The molecule has 3 aromatic rings. The lowest BCUT2D eigenvalue weighted by Gasteiger charge is -2.13. The molecule has 0 bridgehead atoms. The van der Waals surface area contributed by atoms with Gasteiger partial charge < -0.3 is 24.5 Å². The van der Waals surface area contributed by atoms with E-state index in [1.165, 1.54) is 0 Å². The number of thiocarbonyl (C=S) groups is 1. The summed E-state index contributed by atoms with van der Waals surface area (Å²) < 4.78 is 15.8. The summed E-state index contributed by atoms with van der Waals surface area (Å²) >= 11 is 5.26. The minimum absolute atomic E-state index is 0.0924. The second-order valence-electron chi connectivity index (χ2n) is 6.59. The molecule has 32 heavy (non-hydrogen) atoms. The van der Waals surface area contributed by atoms with E-state index in [0.29, 0.717) is 41.5 Å². The minimum Gasteiger partial charge on any atom is -0.490 e. The largest absolute Gasteiger partial charge is 0.490 e. The molecule has 2 aromatic carbocycles. The molecule has 0 aliphatic heterocycles. The van der Waals surface area contributed by atoms with Crippen molar-refractivity contribution in [3.8, 4) is 5.75 Å². The van der Waals surface area contributed by atoms with Crippen LogP contribution < -0.4 is 20.7 Å². The highest BCUT2D eigenvalue weighted by molar-refractivity contribution is 7.80. The molecule has 0 radical (unpaired) electrons. The van der Waals surface area contributed by atoms with E-state index in [4.69, 9.17) is 26.1 Å². The van der Waals surface area contributed by atoms with Crippen molar-refractivity contribution in [2.24, 2.45) is 0 Å². The second kappa shape index (κ2) is 11.6. The van der Waals surface area contributed by atoms with Gasteiger partial charge >= 0.3 is 0 Å². The zero-order chi connectivity index (χ0) is 22.8. The molecule has 3 rings (SSSR count). The number of para-hydroxylation sites is 1. The second-order valence-corrected chi connectivity index (χ2v) is 7.00. The SMILES string of the molecule is COCCOc1ccccc1C(=O)NC(=S)Nc1cccc(C(=O)NCc2ccco2)c1. The summed E-state index contributed by atoms with van der Waals surface area (Å²) in [6.07, 6.45) is 1.55. The number of nitrogens with one attached hydrogen (secondary N) is 3. The van der Waals surface area contributed by atoms with Crippen molar-refractivity contribution in [2.45, 2.75) is 6.54 Å². The van der Waals surface area contributed by atoms with Crippen LogP contribution in [0.15, 0.2) is 71.3 Å². The summed E-state index contributed by atoms with van der Waals surface area (Å²) in [7, 11) is 1.57. The first-order chi connectivity index (χ1) is 15.6. The molecule has 1 aromatic heterocycles. The number of ether oxygens (including phenoxy) is 2. The molecule has 0 unspecified atom stereocenters. The van der Waals surface area contributed by atoms with Gasteiger partial charge in [-0.15, -0.1) is 0 Å². The van der Waals surface area contributed by atoms with Crippen LogP contribution in [0.25, 0.3) is 0 Å². The Morgan fingerprint density at radius 2 is 1.84 bits per heavy atom. The Kier molecular flexibility index (Phi) is 8.36. The van der Waals surface area contributed by atoms with Crippen molar-refractivity contribution < 1.29 is 23.5 Å². The third-order valence-electron chi connectivity index (χ3n) is 4.29. The van der Waals surface area contributed by atoms with Crippen LogP contribution in [-0.4, -0.2) is 37.3 Å². The Balaban J connectivity index is 1.57. The first-order valence-corrected chi connectivity index (χ1v) is 10.2. The molecular weight excluding hydrogens is 430 g/mol. The fraction of sp³-hybridized carbons (Fsp3) is 0.174. The highest BCUT2D eigenvalue weighted by Crippen LogP contribution is 2.18. The number of carbonyl (C=O) groups is 2. The van der Waals surface area contributed by atoms with E-state index in [9.17, 15) is 9.59 Å². The van der Waals surface area contributed by atoms with E-state index in [-0.39, 0.29) is 17.6 Å². The van der Waals surface area contributed by atoms with Gasteiger partial charge in [0.2, 0.25) is 0 Å². The quantitative estimate of drug-likeness (QED) is 0.337. The van der Waals surface area contributed by atoms with Gasteiger partial charge in [-0.25, -0.2) is 0 Å². The normalized spacial score (nSPS) is 10.3. The standard InChI is InChI=1S/C23H23N3O5S/c1-29-12-13-31-20-10-3-2-9-19(20)22(28)26-23(32)25-17-7-4-6-16(14-17)21(27)24-15-18-8-5-11-30-18/h2-11,14H,12-13,15H2,1H3,(H,24,27)(H2,25,26,28,32). The lowest BCUT2D eigenvalue weighted by atomic mass is 10.2. The Bertz CT molecular complexity index is 1070. The number of methoxy groups -OCH3 is 1. The highest BCUT2D eigenvalue weighted by Gasteiger charge is 2.14. The van der Waals surface area contributed by atoms with Crippen molar-refractivity contribution in [3.05, 3.63) is 83.8 Å². The molecule has 0 aliphatic rings. The molecule has 2 amide bonds.